The van der Waals surface area contributed by atoms with Gasteiger partial charge in [-0.2, -0.15) is 0 Å². The molecule has 1 aromatic heterocycles. The molecule has 0 aliphatic carbocycles. The normalized spacial score (nSPS) is 23.7. The SMILES string of the molecule is COc1ccc(C2NC(Cc3c[nH]c4ccccc34)(C(=O)O)C3C(=O)N(Cc4ccccc4)C(=O)C23)c(OC)c1C. The van der Waals surface area contributed by atoms with Crippen molar-refractivity contribution in [3.63, 3.8) is 0 Å². The fourth-order valence-electron chi connectivity index (χ4n) is 6.70. The highest BCUT2D eigenvalue weighted by molar-refractivity contribution is 6.09. The van der Waals surface area contributed by atoms with E-state index in [4.69, 9.17) is 9.47 Å². The fourth-order valence-corrected chi connectivity index (χ4v) is 6.70. The molecule has 3 aromatic carbocycles. The molecular formula is C32H31N3O6. The van der Waals surface area contributed by atoms with Crippen LogP contribution in [-0.2, 0) is 27.3 Å². The van der Waals surface area contributed by atoms with Gasteiger partial charge in [-0.05, 0) is 30.2 Å². The average Bonchev–Trinajstić information content (AvgIpc) is 3.62. The van der Waals surface area contributed by atoms with Crippen molar-refractivity contribution in [1.29, 1.82) is 0 Å². The molecule has 3 heterocycles. The molecule has 2 fully saturated rings. The first-order chi connectivity index (χ1) is 19.8. The van der Waals surface area contributed by atoms with E-state index in [9.17, 15) is 19.5 Å². The van der Waals surface area contributed by atoms with E-state index in [1.54, 1.807) is 25.4 Å². The molecule has 2 aliphatic rings. The van der Waals surface area contributed by atoms with Crippen molar-refractivity contribution in [2.24, 2.45) is 11.8 Å². The first kappa shape index (κ1) is 26.6. The Balaban J connectivity index is 1.51. The lowest BCUT2D eigenvalue weighted by Gasteiger charge is -2.31. The number of methoxy groups -OCH3 is 2. The van der Waals surface area contributed by atoms with Crippen molar-refractivity contribution in [2.45, 2.75) is 31.5 Å². The minimum absolute atomic E-state index is 0.000335. The summed E-state index contributed by atoms with van der Waals surface area (Å²) >= 11 is 0. The number of nitrogens with one attached hydrogen (secondary N) is 2. The number of amides is 2. The molecule has 4 unspecified atom stereocenters. The highest BCUT2D eigenvalue weighted by atomic mass is 16.5. The summed E-state index contributed by atoms with van der Waals surface area (Å²) in [6.45, 7) is 1.91. The highest BCUT2D eigenvalue weighted by Crippen LogP contribution is 2.52. The summed E-state index contributed by atoms with van der Waals surface area (Å²) in [5.41, 5.74) is 1.96. The third kappa shape index (κ3) is 4.07. The van der Waals surface area contributed by atoms with E-state index < -0.39 is 41.2 Å². The Morgan fingerprint density at radius 2 is 1.71 bits per heavy atom. The molecule has 9 heteroatoms. The topological polar surface area (TPSA) is 121 Å². The minimum atomic E-state index is -1.75. The number of hydrogen-bond acceptors (Lipinski definition) is 6. The van der Waals surface area contributed by atoms with E-state index in [-0.39, 0.29) is 13.0 Å². The predicted octanol–water partition coefficient (Wildman–Crippen LogP) is 4.01. The number of nitrogens with zero attached hydrogens (tertiary/aromatic N) is 1. The minimum Gasteiger partial charge on any atom is -0.496 e. The zero-order chi connectivity index (χ0) is 28.9. The fraction of sp³-hybridized carbons (Fsp3) is 0.281. The molecule has 0 radical (unpaired) electrons. The smallest absolute Gasteiger partial charge is 0.325 e. The molecule has 4 atom stereocenters. The number of carbonyl (C=O) groups excluding carboxylic acids is 2. The average molecular weight is 554 g/mol. The number of para-hydroxylation sites is 1. The number of rotatable bonds is 8. The zero-order valence-corrected chi connectivity index (χ0v) is 23.0. The van der Waals surface area contributed by atoms with Crippen molar-refractivity contribution < 1.29 is 29.0 Å². The second-order valence-electron chi connectivity index (χ2n) is 10.7. The number of hydrogen-bond donors (Lipinski definition) is 3. The van der Waals surface area contributed by atoms with E-state index in [2.05, 4.69) is 10.3 Å². The Hall–Kier alpha value is -4.63. The molecule has 9 nitrogen and oxygen atoms in total. The summed E-state index contributed by atoms with van der Waals surface area (Å²) in [5, 5.41) is 15.1. The van der Waals surface area contributed by atoms with Gasteiger partial charge in [-0.25, -0.2) is 0 Å². The van der Waals surface area contributed by atoms with Gasteiger partial charge in [0.1, 0.15) is 17.0 Å². The lowest BCUT2D eigenvalue weighted by atomic mass is 9.76. The molecule has 2 aliphatic heterocycles. The summed E-state index contributed by atoms with van der Waals surface area (Å²) in [6, 6.07) is 19.6. The van der Waals surface area contributed by atoms with Crippen molar-refractivity contribution in [2.75, 3.05) is 14.2 Å². The summed E-state index contributed by atoms with van der Waals surface area (Å²) in [7, 11) is 3.08. The lowest BCUT2D eigenvalue weighted by Crippen LogP contribution is -2.57. The monoisotopic (exact) mass is 553 g/mol. The molecule has 210 valence electrons. The van der Waals surface area contributed by atoms with Gasteiger partial charge in [0.15, 0.2) is 0 Å². The van der Waals surface area contributed by atoms with Crippen molar-refractivity contribution in [3.8, 4) is 11.5 Å². The molecule has 2 saturated heterocycles. The first-order valence-electron chi connectivity index (χ1n) is 13.5. The van der Waals surface area contributed by atoms with Crippen LogP contribution in [0.5, 0.6) is 11.5 Å². The number of H-pyrrole nitrogens is 1. The van der Waals surface area contributed by atoms with Gasteiger partial charge >= 0.3 is 5.97 Å². The Morgan fingerprint density at radius 3 is 2.41 bits per heavy atom. The molecule has 3 N–H and O–H groups in total. The molecule has 6 rings (SSSR count). The first-order valence-corrected chi connectivity index (χ1v) is 13.5. The van der Waals surface area contributed by atoms with E-state index in [0.29, 0.717) is 22.6 Å². The van der Waals surface area contributed by atoms with Gasteiger partial charge in [-0.3, -0.25) is 24.6 Å². The third-order valence-corrected chi connectivity index (χ3v) is 8.60. The maximum Gasteiger partial charge on any atom is 0.325 e. The second-order valence-corrected chi connectivity index (χ2v) is 10.7. The van der Waals surface area contributed by atoms with Gasteiger partial charge in [0, 0.05) is 40.7 Å². The number of carbonyl (C=O) groups is 3. The summed E-state index contributed by atoms with van der Waals surface area (Å²) in [6.07, 6.45) is 1.78. The molecule has 2 amide bonds. The van der Waals surface area contributed by atoms with Crippen LogP contribution in [0.3, 0.4) is 0 Å². The van der Waals surface area contributed by atoms with Crippen molar-refractivity contribution >= 4 is 28.7 Å². The Kier molecular flexibility index (Phi) is 6.54. The number of benzene rings is 3. The van der Waals surface area contributed by atoms with Crippen molar-refractivity contribution in [1.82, 2.24) is 15.2 Å². The number of likely N-dealkylation sites (tertiary alicyclic amines) is 1. The number of carboxylic acid groups (broad SMARTS) is 1. The van der Waals surface area contributed by atoms with Crippen LogP contribution in [0.15, 0.2) is 72.9 Å². The van der Waals surface area contributed by atoms with Crippen LogP contribution in [0.2, 0.25) is 0 Å². The number of aromatic amines is 1. The summed E-state index contributed by atoms with van der Waals surface area (Å²) < 4.78 is 11.3. The molecule has 41 heavy (non-hydrogen) atoms. The van der Waals surface area contributed by atoms with Crippen LogP contribution in [0.25, 0.3) is 10.9 Å². The number of fused-ring (bicyclic) bond motifs is 2. The quantitative estimate of drug-likeness (QED) is 0.282. The van der Waals surface area contributed by atoms with Gasteiger partial charge in [-0.15, -0.1) is 0 Å². The molecule has 0 saturated carbocycles. The van der Waals surface area contributed by atoms with Crippen LogP contribution in [0.4, 0.5) is 0 Å². The molecule has 4 aromatic rings. The number of ether oxygens (including phenoxy) is 2. The summed E-state index contributed by atoms with van der Waals surface area (Å²) in [4.78, 5) is 46.0. The van der Waals surface area contributed by atoms with Gasteiger partial charge in [0.25, 0.3) is 0 Å². The number of aliphatic carboxylic acids is 1. The maximum atomic E-state index is 14.2. The Bertz CT molecular complexity index is 1660. The predicted molar refractivity (Wildman–Crippen MR) is 152 cm³/mol. The third-order valence-electron chi connectivity index (χ3n) is 8.60. The molecule has 0 bridgehead atoms. The lowest BCUT2D eigenvalue weighted by molar-refractivity contribution is -0.151. The summed E-state index contributed by atoms with van der Waals surface area (Å²) in [5.74, 6) is -3.09. The maximum absolute atomic E-state index is 14.2. The van der Waals surface area contributed by atoms with Gasteiger partial charge in [-0.1, -0.05) is 54.6 Å². The molecular weight excluding hydrogens is 522 g/mol. The van der Waals surface area contributed by atoms with Crippen LogP contribution in [-0.4, -0.2) is 52.5 Å². The van der Waals surface area contributed by atoms with Crippen LogP contribution in [0, 0.1) is 18.8 Å². The second kappa shape index (κ2) is 10.1. The Labute approximate surface area is 237 Å². The standard InChI is InChI=1S/C32H31N3O6/c1-18-24(40-2)14-13-22(28(18)41-3)27-25-26(30(37)35(29(25)36)17-19-9-5-4-6-10-19)32(34-27,31(38)39)15-20-16-33-23-12-8-7-11-21(20)23/h4-14,16,25-27,33-34H,15,17H2,1-3H3,(H,38,39). The van der Waals surface area contributed by atoms with Gasteiger partial charge in [0.05, 0.1) is 32.6 Å². The largest absolute Gasteiger partial charge is 0.496 e. The van der Waals surface area contributed by atoms with Gasteiger partial charge < -0.3 is 19.6 Å². The zero-order valence-electron chi connectivity index (χ0n) is 23.0. The number of imide groups is 1. The van der Waals surface area contributed by atoms with Gasteiger partial charge in [0.2, 0.25) is 11.8 Å². The van der Waals surface area contributed by atoms with Crippen LogP contribution >= 0.6 is 0 Å². The van der Waals surface area contributed by atoms with E-state index in [0.717, 1.165) is 22.0 Å². The number of carboxylic acids is 1. The van der Waals surface area contributed by atoms with Crippen LogP contribution in [0.1, 0.15) is 28.3 Å². The number of aromatic nitrogens is 1. The van der Waals surface area contributed by atoms with E-state index in [1.807, 2.05) is 61.5 Å². The molecule has 0 spiro atoms. The Morgan fingerprint density at radius 1 is 0.976 bits per heavy atom. The van der Waals surface area contributed by atoms with Crippen LogP contribution < -0.4 is 14.8 Å². The van der Waals surface area contributed by atoms with E-state index >= 15 is 0 Å². The van der Waals surface area contributed by atoms with Crippen molar-refractivity contribution in [3.05, 3.63) is 95.2 Å². The van der Waals surface area contributed by atoms with E-state index in [1.165, 1.54) is 12.0 Å². The highest BCUT2D eigenvalue weighted by Gasteiger charge is 2.68.